The van der Waals surface area contributed by atoms with E-state index in [-0.39, 0.29) is 18.1 Å². The number of hydrogen-bond donors (Lipinski definition) is 1. The Morgan fingerprint density at radius 3 is 2.62 bits per heavy atom. The molecule has 0 bridgehead atoms. The molecule has 1 heterocycles. The van der Waals surface area contributed by atoms with Crippen LogP contribution in [0.15, 0.2) is 42.5 Å². The van der Waals surface area contributed by atoms with Crippen molar-refractivity contribution in [3.05, 3.63) is 58.6 Å². The van der Waals surface area contributed by atoms with Gasteiger partial charge in [-0.05, 0) is 42.7 Å². The summed E-state index contributed by atoms with van der Waals surface area (Å²) in [6, 6.07) is 10.8. The second-order valence-electron chi connectivity index (χ2n) is 5.81. The van der Waals surface area contributed by atoms with Crippen LogP contribution in [0.25, 0.3) is 0 Å². The van der Waals surface area contributed by atoms with Crippen molar-refractivity contribution in [2.75, 3.05) is 5.32 Å². The minimum Gasteiger partial charge on any atom is -0.406 e. The second kappa shape index (κ2) is 5.70. The normalized spacial score (nSPS) is 19.8. The summed E-state index contributed by atoms with van der Waals surface area (Å²) in [5.74, 6) is -0.594. The molecule has 7 heteroatoms. The van der Waals surface area contributed by atoms with Gasteiger partial charge in [0.1, 0.15) is 5.75 Å². The average molecular weight is 356 g/mol. The van der Waals surface area contributed by atoms with Gasteiger partial charge in [-0.1, -0.05) is 35.9 Å². The van der Waals surface area contributed by atoms with Gasteiger partial charge in [-0.2, -0.15) is 0 Å². The summed E-state index contributed by atoms with van der Waals surface area (Å²) >= 11 is 5.93. The van der Waals surface area contributed by atoms with Crippen molar-refractivity contribution in [1.82, 2.24) is 0 Å². The molecule has 24 heavy (non-hydrogen) atoms. The maximum absolute atomic E-state index is 12.6. The number of fused-ring (bicyclic) bond motifs is 1. The van der Waals surface area contributed by atoms with Crippen LogP contribution in [-0.4, -0.2) is 12.3 Å². The monoisotopic (exact) mass is 355 g/mol. The first-order valence-electron chi connectivity index (χ1n) is 7.14. The molecule has 1 amide bonds. The minimum atomic E-state index is -4.79. The van der Waals surface area contributed by atoms with Crippen molar-refractivity contribution in [2.45, 2.75) is 25.1 Å². The van der Waals surface area contributed by atoms with Crippen LogP contribution in [0.2, 0.25) is 5.02 Å². The SMILES string of the molecule is CC1(Cc2ccccc2OC(F)(F)F)C(=O)Nc2cc(Cl)ccc21. The quantitative estimate of drug-likeness (QED) is 0.867. The van der Waals surface area contributed by atoms with E-state index in [1.807, 2.05) is 0 Å². The first-order chi connectivity index (χ1) is 11.2. The molecule has 3 nitrogen and oxygen atoms in total. The zero-order valence-corrected chi connectivity index (χ0v) is 13.3. The first kappa shape index (κ1) is 16.6. The molecule has 0 saturated carbocycles. The topological polar surface area (TPSA) is 38.3 Å². The smallest absolute Gasteiger partial charge is 0.406 e. The Morgan fingerprint density at radius 2 is 1.92 bits per heavy atom. The van der Waals surface area contributed by atoms with Gasteiger partial charge in [-0.25, -0.2) is 0 Å². The number of rotatable bonds is 3. The van der Waals surface area contributed by atoms with Crippen LogP contribution in [0.5, 0.6) is 5.75 Å². The highest BCUT2D eigenvalue weighted by Crippen LogP contribution is 2.42. The summed E-state index contributed by atoms with van der Waals surface area (Å²) in [5, 5.41) is 3.20. The number of benzene rings is 2. The van der Waals surface area contributed by atoms with E-state index in [4.69, 9.17) is 11.6 Å². The van der Waals surface area contributed by atoms with E-state index in [2.05, 4.69) is 10.1 Å². The Kier molecular flexibility index (Phi) is 3.95. The van der Waals surface area contributed by atoms with E-state index in [0.29, 0.717) is 21.8 Å². The molecule has 1 atom stereocenters. The van der Waals surface area contributed by atoms with Crippen LogP contribution in [0.3, 0.4) is 0 Å². The molecule has 1 unspecified atom stereocenters. The molecular weight excluding hydrogens is 343 g/mol. The van der Waals surface area contributed by atoms with Crippen molar-refractivity contribution in [3.8, 4) is 5.75 Å². The first-order valence-corrected chi connectivity index (χ1v) is 7.52. The fraction of sp³-hybridized carbons (Fsp3) is 0.235. The fourth-order valence-corrected chi connectivity index (χ4v) is 3.09. The van der Waals surface area contributed by atoms with Gasteiger partial charge in [-0.15, -0.1) is 13.2 Å². The number of carbonyl (C=O) groups is 1. The van der Waals surface area contributed by atoms with Crippen molar-refractivity contribution in [2.24, 2.45) is 0 Å². The fourth-order valence-electron chi connectivity index (χ4n) is 2.91. The Hall–Kier alpha value is -2.21. The van der Waals surface area contributed by atoms with E-state index in [9.17, 15) is 18.0 Å². The van der Waals surface area contributed by atoms with Crippen LogP contribution in [0.4, 0.5) is 18.9 Å². The van der Waals surface area contributed by atoms with Crippen molar-refractivity contribution < 1.29 is 22.7 Å². The lowest BCUT2D eigenvalue weighted by molar-refractivity contribution is -0.274. The van der Waals surface area contributed by atoms with Gasteiger partial charge < -0.3 is 10.1 Å². The van der Waals surface area contributed by atoms with Gasteiger partial charge in [0.2, 0.25) is 5.91 Å². The van der Waals surface area contributed by atoms with Crippen LogP contribution in [0.1, 0.15) is 18.1 Å². The van der Waals surface area contributed by atoms with E-state index in [0.717, 1.165) is 0 Å². The zero-order chi connectivity index (χ0) is 17.5. The number of anilines is 1. The standard InChI is InChI=1S/C17H13ClF3NO2/c1-16(12-7-6-11(18)8-13(12)22-15(16)23)9-10-4-2-3-5-14(10)24-17(19,20)21/h2-8H,9H2,1H3,(H,22,23). The molecule has 3 rings (SSSR count). The van der Waals surface area contributed by atoms with Crippen LogP contribution < -0.4 is 10.1 Å². The number of halogens is 4. The predicted octanol–water partition coefficient (Wildman–Crippen LogP) is 4.69. The molecule has 0 aromatic heterocycles. The van der Waals surface area contributed by atoms with Gasteiger partial charge in [-0.3, -0.25) is 4.79 Å². The molecule has 2 aromatic carbocycles. The Morgan fingerprint density at radius 1 is 1.21 bits per heavy atom. The lowest BCUT2D eigenvalue weighted by Gasteiger charge is -2.24. The molecule has 0 spiro atoms. The Bertz CT molecular complexity index is 807. The summed E-state index contributed by atoms with van der Waals surface area (Å²) in [7, 11) is 0. The molecular formula is C17H13ClF3NO2. The Balaban J connectivity index is 1.99. The molecule has 2 aromatic rings. The summed E-state index contributed by atoms with van der Waals surface area (Å²) in [5.41, 5.74) is 0.559. The summed E-state index contributed by atoms with van der Waals surface area (Å²) in [4.78, 5) is 12.4. The summed E-state index contributed by atoms with van der Waals surface area (Å²) in [6.07, 6.45) is -4.72. The minimum absolute atomic E-state index is 0.0692. The van der Waals surface area contributed by atoms with Crippen molar-refractivity contribution in [3.63, 3.8) is 0 Å². The zero-order valence-electron chi connectivity index (χ0n) is 12.6. The maximum Gasteiger partial charge on any atom is 0.573 e. The molecule has 1 aliphatic heterocycles. The molecule has 0 saturated heterocycles. The molecule has 0 aliphatic carbocycles. The van der Waals surface area contributed by atoms with E-state index < -0.39 is 11.8 Å². The number of carbonyl (C=O) groups excluding carboxylic acids is 1. The van der Waals surface area contributed by atoms with Crippen molar-refractivity contribution in [1.29, 1.82) is 0 Å². The van der Waals surface area contributed by atoms with Crippen LogP contribution in [-0.2, 0) is 16.6 Å². The molecule has 126 valence electrons. The Labute approximate surface area is 141 Å². The van der Waals surface area contributed by atoms with Crippen LogP contribution in [0, 0.1) is 0 Å². The van der Waals surface area contributed by atoms with Crippen LogP contribution >= 0.6 is 11.6 Å². The van der Waals surface area contributed by atoms with Gasteiger partial charge >= 0.3 is 6.36 Å². The number of para-hydroxylation sites is 1. The highest BCUT2D eigenvalue weighted by atomic mass is 35.5. The second-order valence-corrected chi connectivity index (χ2v) is 6.24. The summed E-state index contributed by atoms with van der Waals surface area (Å²) < 4.78 is 41.8. The van der Waals surface area contributed by atoms with Gasteiger partial charge in [0.05, 0.1) is 5.41 Å². The number of ether oxygens (including phenoxy) is 1. The molecule has 0 fully saturated rings. The van der Waals surface area contributed by atoms with E-state index in [1.165, 1.54) is 18.2 Å². The molecule has 1 N–H and O–H groups in total. The summed E-state index contributed by atoms with van der Waals surface area (Å²) in [6.45, 7) is 1.69. The average Bonchev–Trinajstić information content (AvgIpc) is 2.70. The van der Waals surface area contributed by atoms with Gasteiger partial charge in [0.15, 0.2) is 0 Å². The van der Waals surface area contributed by atoms with Crippen molar-refractivity contribution >= 4 is 23.2 Å². The van der Waals surface area contributed by atoms with E-state index >= 15 is 0 Å². The maximum atomic E-state index is 12.6. The lowest BCUT2D eigenvalue weighted by Crippen LogP contribution is -2.33. The third-order valence-electron chi connectivity index (χ3n) is 4.07. The predicted molar refractivity (Wildman–Crippen MR) is 84.3 cm³/mol. The van der Waals surface area contributed by atoms with Gasteiger partial charge in [0.25, 0.3) is 0 Å². The third kappa shape index (κ3) is 3.06. The largest absolute Gasteiger partial charge is 0.573 e. The highest BCUT2D eigenvalue weighted by Gasteiger charge is 2.43. The molecule has 1 aliphatic rings. The third-order valence-corrected chi connectivity index (χ3v) is 4.30. The number of amides is 1. The van der Waals surface area contributed by atoms with Gasteiger partial charge in [0, 0.05) is 10.7 Å². The number of nitrogens with one attached hydrogen (secondary N) is 1. The van der Waals surface area contributed by atoms with E-state index in [1.54, 1.807) is 31.2 Å². The number of hydrogen-bond acceptors (Lipinski definition) is 2. The number of alkyl halides is 3. The highest BCUT2D eigenvalue weighted by molar-refractivity contribution is 6.31. The lowest BCUT2D eigenvalue weighted by atomic mass is 9.78. The molecule has 0 radical (unpaired) electrons.